The Hall–Kier alpha value is -1.88. The minimum atomic E-state index is 0.161. The summed E-state index contributed by atoms with van der Waals surface area (Å²) >= 11 is 8.11. The molecule has 1 aliphatic carbocycles. The molecule has 0 radical (unpaired) electrons. The Morgan fingerprint density at radius 3 is 2.75 bits per heavy atom. The second-order valence-corrected chi connectivity index (χ2v) is 8.75. The van der Waals surface area contributed by atoms with Crippen molar-refractivity contribution >= 4 is 34.5 Å². The minimum Gasteiger partial charge on any atom is -0.513 e. The maximum absolute atomic E-state index is 9.84. The highest BCUT2D eigenvalue weighted by Gasteiger charge is 2.17. The standard InChI is InChI=1S/C23H25ClN2OS/c1-15(27)13-19-18-9-5-6-10-21(18)25-23(19)16-11-12-20(24)22(14-16)28-26-17-7-3-2-4-8-17/h5-6,9-12,14,17,25-27H,1-4,7-8,13H2. The van der Waals surface area contributed by atoms with Crippen molar-refractivity contribution in [2.24, 2.45) is 0 Å². The first kappa shape index (κ1) is 19.4. The molecule has 0 bridgehead atoms. The molecule has 1 saturated carbocycles. The fraction of sp³-hybridized carbons (Fsp3) is 0.304. The number of rotatable bonds is 6. The highest BCUT2D eigenvalue weighted by Crippen LogP contribution is 2.36. The van der Waals surface area contributed by atoms with Gasteiger partial charge in [0, 0.05) is 28.3 Å². The molecule has 3 N–H and O–H groups in total. The number of benzene rings is 2. The Morgan fingerprint density at radius 1 is 1.18 bits per heavy atom. The van der Waals surface area contributed by atoms with Gasteiger partial charge < -0.3 is 10.1 Å². The Bertz CT molecular complexity index is 991. The smallest absolute Gasteiger partial charge is 0.0895 e. The van der Waals surface area contributed by atoms with Crippen molar-refractivity contribution in [2.45, 2.75) is 49.5 Å². The average molecular weight is 413 g/mol. The van der Waals surface area contributed by atoms with Crippen molar-refractivity contribution in [1.29, 1.82) is 0 Å². The summed E-state index contributed by atoms with van der Waals surface area (Å²) in [5.74, 6) is 0.161. The van der Waals surface area contributed by atoms with Gasteiger partial charge in [-0.2, -0.15) is 0 Å². The zero-order chi connectivity index (χ0) is 19.5. The number of para-hydroxylation sites is 1. The van der Waals surface area contributed by atoms with Gasteiger partial charge in [0.1, 0.15) is 0 Å². The topological polar surface area (TPSA) is 48.0 Å². The number of aliphatic hydroxyl groups excluding tert-OH is 1. The van der Waals surface area contributed by atoms with Crippen LogP contribution < -0.4 is 4.72 Å². The molecule has 5 heteroatoms. The molecule has 0 saturated heterocycles. The van der Waals surface area contributed by atoms with Gasteiger partial charge in [0.05, 0.1) is 16.5 Å². The predicted molar refractivity (Wildman–Crippen MR) is 120 cm³/mol. The molecular weight excluding hydrogens is 388 g/mol. The molecule has 0 atom stereocenters. The summed E-state index contributed by atoms with van der Waals surface area (Å²) in [6.07, 6.45) is 6.83. The lowest BCUT2D eigenvalue weighted by atomic mass is 9.96. The van der Waals surface area contributed by atoms with Crippen molar-refractivity contribution in [3.05, 3.63) is 65.4 Å². The maximum atomic E-state index is 9.84. The van der Waals surface area contributed by atoms with Crippen molar-refractivity contribution in [1.82, 2.24) is 9.71 Å². The van der Waals surface area contributed by atoms with E-state index >= 15 is 0 Å². The monoisotopic (exact) mass is 412 g/mol. The third-order valence-corrected chi connectivity index (χ3v) is 6.81. The molecule has 2 aromatic carbocycles. The number of aromatic amines is 1. The van der Waals surface area contributed by atoms with Crippen LogP contribution in [-0.4, -0.2) is 16.1 Å². The van der Waals surface area contributed by atoms with Gasteiger partial charge in [0.25, 0.3) is 0 Å². The van der Waals surface area contributed by atoms with Crippen LogP contribution in [0.4, 0.5) is 0 Å². The molecule has 3 nitrogen and oxygen atoms in total. The first-order valence-corrected chi connectivity index (χ1v) is 11.0. The molecule has 4 rings (SSSR count). The zero-order valence-corrected chi connectivity index (χ0v) is 17.4. The third-order valence-electron chi connectivity index (χ3n) is 5.36. The summed E-state index contributed by atoms with van der Waals surface area (Å²) in [6.45, 7) is 3.69. The van der Waals surface area contributed by atoms with Gasteiger partial charge in [0.2, 0.25) is 0 Å². The largest absolute Gasteiger partial charge is 0.513 e. The number of halogens is 1. The Labute approximate surface area is 175 Å². The van der Waals surface area contributed by atoms with Crippen LogP contribution in [0.15, 0.2) is 59.7 Å². The molecule has 0 aliphatic heterocycles. The Balaban J connectivity index is 1.66. The van der Waals surface area contributed by atoms with E-state index in [9.17, 15) is 5.11 Å². The highest BCUT2D eigenvalue weighted by atomic mass is 35.5. The fourth-order valence-electron chi connectivity index (χ4n) is 3.94. The van der Waals surface area contributed by atoms with E-state index in [1.807, 2.05) is 24.3 Å². The van der Waals surface area contributed by atoms with Gasteiger partial charge in [-0.1, -0.05) is 61.7 Å². The third kappa shape index (κ3) is 4.24. The highest BCUT2D eigenvalue weighted by molar-refractivity contribution is 7.97. The van der Waals surface area contributed by atoms with E-state index in [4.69, 9.17) is 11.6 Å². The van der Waals surface area contributed by atoms with Crippen LogP contribution >= 0.6 is 23.5 Å². The SMILES string of the molecule is C=C(O)Cc1c(-c2ccc(Cl)c(SNC3CCCCC3)c2)[nH]c2ccccc12. The van der Waals surface area contributed by atoms with Gasteiger partial charge in [-0.05, 0) is 54.1 Å². The second-order valence-electron chi connectivity index (χ2n) is 7.47. The molecule has 1 aliphatic rings. The van der Waals surface area contributed by atoms with Crippen molar-refractivity contribution in [3.8, 4) is 11.3 Å². The van der Waals surface area contributed by atoms with Crippen LogP contribution in [0.25, 0.3) is 22.2 Å². The molecule has 1 fully saturated rings. The summed E-state index contributed by atoms with van der Waals surface area (Å²) in [7, 11) is 0. The summed E-state index contributed by atoms with van der Waals surface area (Å²) in [5, 5.41) is 11.7. The van der Waals surface area contributed by atoms with E-state index in [0.717, 1.165) is 37.6 Å². The molecule has 0 unspecified atom stereocenters. The van der Waals surface area contributed by atoms with Gasteiger partial charge >= 0.3 is 0 Å². The van der Waals surface area contributed by atoms with Gasteiger partial charge in [-0.3, -0.25) is 4.72 Å². The van der Waals surface area contributed by atoms with Crippen LogP contribution in [0.3, 0.4) is 0 Å². The lowest BCUT2D eigenvalue weighted by Gasteiger charge is -2.22. The number of hydrogen-bond donors (Lipinski definition) is 3. The van der Waals surface area contributed by atoms with Crippen LogP contribution in [0.5, 0.6) is 0 Å². The predicted octanol–water partition coefficient (Wildman–Crippen LogP) is 7.03. The number of aliphatic hydroxyl groups is 1. The lowest BCUT2D eigenvalue weighted by Crippen LogP contribution is -2.25. The van der Waals surface area contributed by atoms with Gasteiger partial charge in [-0.15, -0.1) is 0 Å². The minimum absolute atomic E-state index is 0.161. The number of fused-ring (bicyclic) bond motifs is 1. The maximum Gasteiger partial charge on any atom is 0.0895 e. The van der Waals surface area contributed by atoms with E-state index in [-0.39, 0.29) is 5.76 Å². The van der Waals surface area contributed by atoms with E-state index in [2.05, 4.69) is 34.5 Å². The lowest BCUT2D eigenvalue weighted by molar-refractivity contribution is 0.402. The molecule has 0 spiro atoms. The zero-order valence-electron chi connectivity index (χ0n) is 15.8. The first-order chi connectivity index (χ1) is 13.6. The number of aromatic nitrogens is 1. The summed E-state index contributed by atoms with van der Waals surface area (Å²) in [5.41, 5.74) is 4.18. The summed E-state index contributed by atoms with van der Waals surface area (Å²) in [6, 6.07) is 14.8. The van der Waals surface area contributed by atoms with E-state index in [1.165, 1.54) is 32.1 Å². The quantitative estimate of drug-likeness (QED) is 0.300. The fourth-order valence-corrected chi connectivity index (χ4v) is 5.05. The Kier molecular flexibility index (Phi) is 6.00. The van der Waals surface area contributed by atoms with Gasteiger partial charge in [0.15, 0.2) is 0 Å². The number of nitrogens with one attached hydrogen (secondary N) is 2. The second kappa shape index (κ2) is 8.64. The normalized spacial score (nSPS) is 15.2. The van der Waals surface area contributed by atoms with Gasteiger partial charge in [-0.25, -0.2) is 0 Å². The molecule has 1 aromatic heterocycles. The molecule has 3 aromatic rings. The number of allylic oxidation sites excluding steroid dienone is 1. The molecular formula is C23H25ClN2OS. The number of H-pyrrole nitrogens is 1. The average Bonchev–Trinajstić information content (AvgIpc) is 3.06. The van der Waals surface area contributed by atoms with Crippen molar-refractivity contribution in [2.75, 3.05) is 0 Å². The van der Waals surface area contributed by atoms with Crippen LogP contribution in [0.1, 0.15) is 37.7 Å². The van der Waals surface area contributed by atoms with Crippen molar-refractivity contribution < 1.29 is 5.11 Å². The summed E-state index contributed by atoms with van der Waals surface area (Å²) in [4.78, 5) is 4.54. The molecule has 146 valence electrons. The van der Waals surface area contributed by atoms with E-state index < -0.39 is 0 Å². The van der Waals surface area contributed by atoms with Crippen LogP contribution in [0.2, 0.25) is 5.02 Å². The van der Waals surface area contributed by atoms with Crippen LogP contribution in [0, 0.1) is 0 Å². The first-order valence-electron chi connectivity index (χ1n) is 9.80. The molecule has 1 heterocycles. The molecule has 28 heavy (non-hydrogen) atoms. The van der Waals surface area contributed by atoms with Crippen LogP contribution in [-0.2, 0) is 6.42 Å². The van der Waals surface area contributed by atoms with E-state index in [1.54, 1.807) is 11.9 Å². The van der Waals surface area contributed by atoms with E-state index in [0.29, 0.717) is 12.5 Å². The number of hydrogen-bond acceptors (Lipinski definition) is 3. The molecule has 0 amide bonds. The Morgan fingerprint density at radius 2 is 1.96 bits per heavy atom. The summed E-state index contributed by atoms with van der Waals surface area (Å²) < 4.78 is 3.60. The van der Waals surface area contributed by atoms with Crippen molar-refractivity contribution in [3.63, 3.8) is 0 Å².